The molecule has 1 aliphatic rings. The molecular formula is C28H27N3O. The predicted octanol–water partition coefficient (Wildman–Crippen LogP) is 4.85. The minimum absolute atomic E-state index is 0.457. The molecule has 4 heteroatoms. The first kappa shape index (κ1) is 20.4. The number of H-pyrrole nitrogens is 1. The van der Waals surface area contributed by atoms with Crippen molar-refractivity contribution in [1.29, 1.82) is 0 Å². The number of aliphatic hydroxyl groups is 1. The quantitative estimate of drug-likeness (QED) is 0.453. The third kappa shape index (κ3) is 3.68. The molecule has 32 heavy (non-hydrogen) atoms. The van der Waals surface area contributed by atoms with Crippen molar-refractivity contribution in [3.05, 3.63) is 131 Å². The maximum absolute atomic E-state index is 10.8. The van der Waals surface area contributed by atoms with Crippen LogP contribution in [-0.2, 0) is 5.54 Å². The van der Waals surface area contributed by atoms with Gasteiger partial charge in [0.05, 0.1) is 17.8 Å². The Labute approximate surface area is 188 Å². The van der Waals surface area contributed by atoms with E-state index < -0.39 is 11.6 Å². The van der Waals surface area contributed by atoms with Gasteiger partial charge in [-0.25, -0.2) is 0 Å². The van der Waals surface area contributed by atoms with E-state index >= 15 is 0 Å². The van der Waals surface area contributed by atoms with Gasteiger partial charge >= 0.3 is 0 Å². The van der Waals surface area contributed by atoms with Crippen molar-refractivity contribution in [2.75, 3.05) is 13.1 Å². The summed E-state index contributed by atoms with van der Waals surface area (Å²) in [5.74, 6) is 0. The van der Waals surface area contributed by atoms with Crippen LogP contribution < -0.4 is 0 Å². The van der Waals surface area contributed by atoms with Gasteiger partial charge < -0.3 is 5.11 Å². The molecule has 1 aromatic heterocycles. The lowest BCUT2D eigenvalue weighted by Crippen LogP contribution is -2.52. The summed E-state index contributed by atoms with van der Waals surface area (Å²) >= 11 is 0. The molecule has 4 nitrogen and oxygen atoms in total. The number of aliphatic hydroxyl groups excluding tert-OH is 1. The molecule has 0 amide bonds. The highest BCUT2D eigenvalue weighted by Gasteiger charge is 2.44. The average Bonchev–Trinajstić information content (AvgIpc) is 3.37. The SMILES string of the molecule is OC1CCN(C(c2ccccc2)(c2ccccc2)c2ccccc2)C/C1=C/c1cn[nH]c1. The molecule has 1 atom stereocenters. The molecule has 1 aliphatic heterocycles. The highest BCUT2D eigenvalue weighted by molar-refractivity contribution is 5.55. The second-order valence-corrected chi connectivity index (χ2v) is 8.29. The summed E-state index contributed by atoms with van der Waals surface area (Å²) in [5, 5.41) is 17.8. The fourth-order valence-electron chi connectivity index (χ4n) is 4.94. The molecule has 0 bridgehead atoms. The normalized spacial score (nSPS) is 18.7. The van der Waals surface area contributed by atoms with Crippen molar-refractivity contribution in [3.63, 3.8) is 0 Å². The first-order chi connectivity index (χ1) is 15.8. The lowest BCUT2D eigenvalue weighted by molar-refractivity contribution is 0.0872. The van der Waals surface area contributed by atoms with E-state index in [1.165, 1.54) is 16.7 Å². The summed E-state index contributed by atoms with van der Waals surface area (Å²) in [7, 11) is 0. The van der Waals surface area contributed by atoms with Gasteiger partial charge in [-0.05, 0) is 34.8 Å². The molecule has 0 radical (unpaired) electrons. The number of benzene rings is 3. The first-order valence-electron chi connectivity index (χ1n) is 11.1. The fraction of sp³-hybridized carbons (Fsp3) is 0.179. The maximum atomic E-state index is 10.8. The van der Waals surface area contributed by atoms with E-state index in [4.69, 9.17) is 0 Å². The largest absolute Gasteiger partial charge is 0.389 e. The van der Waals surface area contributed by atoms with Crippen molar-refractivity contribution in [1.82, 2.24) is 15.1 Å². The minimum Gasteiger partial charge on any atom is -0.389 e. The smallest absolute Gasteiger partial charge is 0.0975 e. The number of hydrogen-bond acceptors (Lipinski definition) is 3. The number of nitrogens with zero attached hydrogens (tertiary/aromatic N) is 2. The Kier molecular flexibility index (Phi) is 5.71. The Balaban J connectivity index is 1.71. The highest BCUT2D eigenvalue weighted by atomic mass is 16.3. The van der Waals surface area contributed by atoms with Crippen LogP contribution in [0.5, 0.6) is 0 Å². The molecule has 1 unspecified atom stereocenters. The van der Waals surface area contributed by atoms with Crippen molar-refractivity contribution < 1.29 is 5.11 Å². The van der Waals surface area contributed by atoms with Crippen LogP contribution in [0.1, 0.15) is 28.7 Å². The van der Waals surface area contributed by atoms with Gasteiger partial charge in [0.15, 0.2) is 0 Å². The second kappa shape index (κ2) is 8.95. The van der Waals surface area contributed by atoms with E-state index in [1.807, 2.05) is 6.20 Å². The van der Waals surface area contributed by atoms with Crippen LogP contribution in [0.2, 0.25) is 0 Å². The molecule has 0 aliphatic carbocycles. The summed E-state index contributed by atoms with van der Waals surface area (Å²) < 4.78 is 0. The Morgan fingerprint density at radius 3 is 1.84 bits per heavy atom. The summed E-state index contributed by atoms with van der Waals surface area (Å²) in [6.45, 7) is 1.44. The van der Waals surface area contributed by atoms with E-state index in [-0.39, 0.29) is 0 Å². The zero-order valence-corrected chi connectivity index (χ0v) is 17.9. The molecule has 3 aromatic carbocycles. The van der Waals surface area contributed by atoms with Crippen LogP contribution in [-0.4, -0.2) is 39.4 Å². The molecule has 1 fully saturated rings. The molecule has 1 saturated heterocycles. The third-order valence-electron chi connectivity index (χ3n) is 6.39. The van der Waals surface area contributed by atoms with Crippen LogP contribution in [0.25, 0.3) is 6.08 Å². The number of likely N-dealkylation sites (tertiary alicyclic amines) is 1. The number of aromatic amines is 1. The molecule has 160 valence electrons. The van der Waals surface area contributed by atoms with Crippen molar-refractivity contribution in [3.8, 4) is 0 Å². The van der Waals surface area contributed by atoms with Gasteiger partial charge in [0.1, 0.15) is 0 Å². The Bertz CT molecular complexity index is 1060. The van der Waals surface area contributed by atoms with Crippen molar-refractivity contribution in [2.45, 2.75) is 18.1 Å². The van der Waals surface area contributed by atoms with E-state index in [2.05, 4.69) is 112 Å². The van der Waals surface area contributed by atoms with Crippen LogP contribution in [0.3, 0.4) is 0 Å². The van der Waals surface area contributed by atoms with Gasteiger partial charge in [0.25, 0.3) is 0 Å². The van der Waals surface area contributed by atoms with E-state index in [9.17, 15) is 5.11 Å². The first-order valence-corrected chi connectivity index (χ1v) is 11.1. The zero-order chi connectivity index (χ0) is 21.8. The van der Waals surface area contributed by atoms with Gasteiger partial charge in [-0.3, -0.25) is 10.00 Å². The topological polar surface area (TPSA) is 52.1 Å². The van der Waals surface area contributed by atoms with Crippen LogP contribution in [0.4, 0.5) is 0 Å². The Morgan fingerprint density at radius 2 is 1.38 bits per heavy atom. The summed E-state index contributed by atoms with van der Waals surface area (Å²) in [6, 6.07) is 32.1. The zero-order valence-electron chi connectivity index (χ0n) is 17.9. The summed E-state index contributed by atoms with van der Waals surface area (Å²) in [6.07, 6.45) is 5.93. The minimum atomic E-state index is -0.473. The van der Waals surface area contributed by atoms with E-state index in [0.717, 1.165) is 17.7 Å². The Morgan fingerprint density at radius 1 is 0.844 bits per heavy atom. The lowest BCUT2D eigenvalue weighted by atomic mass is 9.74. The standard InChI is InChI=1S/C28H27N3O/c32-27-16-17-31(21-23(27)18-22-19-29-30-20-22)28(24-10-4-1-5-11-24,25-12-6-2-7-13-25)26-14-8-3-9-15-26/h1-15,18-20,27,32H,16-17,21H2,(H,29,30)/b23-18-. The van der Waals surface area contributed by atoms with Crippen molar-refractivity contribution >= 4 is 6.08 Å². The van der Waals surface area contributed by atoms with E-state index in [0.29, 0.717) is 13.0 Å². The average molecular weight is 422 g/mol. The predicted molar refractivity (Wildman–Crippen MR) is 128 cm³/mol. The molecule has 2 heterocycles. The number of aromatic nitrogens is 2. The molecular weight excluding hydrogens is 394 g/mol. The summed E-state index contributed by atoms with van der Waals surface area (Å²) in [5.41, 5.74) is 5.17. The van der Waals surface area contributed by atoms with Gasteiger partial charge in [0.2, 0.25) is 0 Å². The lowest BCUT2D eigenvalue weighted by Gasteiger charge is -2.48. The number of hydrogen-bond donors (Lipinski definition) is 2. The maximum Gasteiger partial charge on any atom is 0.0975 e. The van der Waals surface area contributed by atoms with Gasteiger partial charge in [-0.15, -0.1) is 0 Å². The molecule has 0 saturated carbocycles. The van der Waals surface area contributed by atoms with E-state index in [1.54, 1.807) is 6.20 Å². The Hall–Kier alpha value is -3.47. The van der Waals surface area contributed by atoms with Gasteiger partial charge in [-0.1, -0.05) is 91.0 Å². The number of nitrogens with one attached hydrogen (secondary N) is 1. The highest BCUT2D eigenvalue weighted by Crippen LogP contribution is 2.44. The molecule has 0 spiro atoms. The van der Waals surface area contributed by atoms with Gasteiger partial charge in [-0.2, -0.15) is 5.10 Å². The molecule has 5 rings (SSSR count). The van der Waals surface area contributed by atoms with Crippen LogP contribution >= 0.6 is 0 Å². The fourth-order valence-corrected chi connectivity index (χ4v) is 4.94. The van der Waals surface area contributed by atoms with Crippen LogP contribution in [0, 0.1) is 0 Å². The third-order valence-corrected chi connectivity index (χ3v) is 6.39. The second-order valence-electron chi connectivity index (χ2n) is 8.29. The van der Waals surface area contributed by atoms with Gasteiger partial charge in [0, 0.05) is 24.8 Å². The molecule has 2 N–H and O–H groups in total. The molecule has 4 aromatic rings. The monoisotopic (exact) mass is 421 g/mol. The van der Waals surface area contributed by atoms with Crippen LogP contribution in [0.15, 0.2) is 109 Å². The van der Waals surface area contributed by atoms with Crippen molar-refractivity contribution in [2.24, 2.45) is 0 Å². The summed E-state index contributed by atoms with van der Waals surface area (Å²) in [4.78, 5) is 2.51. The number of rotatable bonds is 5. The number of piperidine rings is 1.